The number of carbonyl (C=O) groups excluding carboxylic acids is 1. The Labute approximate surface area is 190 Å². The first-order chi connectivity index (χ1) is 15.6. The van der Waals surface area contributed by atoms with E-state index in [4.69, 9.17) is 4.74 Å². The maximum Gasteiger partial charge on any atom is 0.151 e. The molecule has 0 amide bonds. The highest BCUT2D eigenvalue weighted by Gasteiger charge is 2.42. The molecular formula is C26H34FN3O2. The molecule has 1 aliphatic carbocycles. The van der Waals surface area contributed by atoms with Crippen molar-refractivity contribution in [1.29, 1.82) is 5.26 Å². The van der Waals surface area contributed by atoms with Crippen LogP contribution in [0.4, 0.5) is 4.39 Å². The molecule has 3 heterocycles. The molecule has 172 valence electrons. The Bertz CT molecular complexity index is 870. The number of likely N-dealkylation sites (tertiary alicyclic amines) is 1. The van der Waals surface area contributed by atoms with Crippen LogP contribution in [0.25, 0.3) is 0 Å². The lowest BCUT2D eigenvalue weighted by Crippen LogP contribution is -2.42. The van der Waals surface area contributed by atoms with Crippen molar-refractivity contribution >= 4 is 5.78 Å². The van der Waals surface area contributed by atoms with E-state index in [1.807, 2.05) is 12.1 Å². The lowest BCUT2D eigenvalue weighted by molar-refractivity contribution is -0.122. The lowest BCUT2D eigenvalue weighted by atomic mass is 9.86. The maximum atomic E-state index is 15.0. The van der Waals surface area contributed by atoms with E-state index in [1.165, 1.54) is 0 Å². The molecule has 1 unspecified atom stereocenters. The van der Waals surface area contributed by atoms with Gasteiger partial charge >= 0.3 is 0 Å². The number of nitrogens with one attached hydrogen (secondary N) is 1. The molecule has 5 nitrogen and oxygen atoms in total. The number of nitrogens with zero attached hydrogens (tertiary/aromatic N) is 2. The van der Waals surface area contributed by atoms with Gasteiger partial charge in [0.2, 0.25) is 0 Å². The first-order valence-electron chi connectivity index (χ1n) is 12.4. The van der Waals surface area contributed by atoms with Gasteiger partial charge in [-0.15, -0.1) is 0 Å². The number of hydrogen-bond acceptors (Lipinski definition) is 5. The van der Waals surface area contributed by atoms with E-state index < -0.39 is 5.92 Å². The van der Waals surface area contributed by atoms with Crippen molar-refractivity contribution in [2.24, 2.45) is 11.8 Å². The lowest BCUT2D eigenvalue weighted by Gasteiger charge is -2.35. The molecule has 4 aliphatic rings. The van der Waals surface area contributed by atoms with Gasteiger partial charge in [0.1, 0.15) is 5.82 Å². The van der Waals surface area contributed by atoms with Crippen LogP contribution in [0.2, 0.25) is 0 Å². The first kappa shape index (κ1) is 22.0. The van der Waals surface area contributed by atoms with Gasteiger partial charge in [-0.3, -0.25) is 9.69 Å². The number of benzene rings is 1. The minimum atomic E-state index is -0.472. The van der Waals surface area contributed by atoms with Gasteiger partial charge in [-0.05, 0) is 87.1 Å². The van der Waals surface area contributed by atoms with Gasteiger partial charge in [-0.25, -0.2) is 4.39 Å². The molecule has 2 bridgehead atoms. The number of carbonyl (C=O) groups is 1. The number of Topliss-reactive ketones (excluding diaryl/α,β-unsaturated/α-hetero) is 1. The van der Waals surface area contributed by atoms with E-state index in [0.29, 0.717) is 35.9 Å². The van der Waals surface area contributed by atoms with Gasteiger partial charge in [-0.2, -0.15) is 5.26 Å². The molecule has 5 rings (SSSR count). The van der Waals surface area contributed by atoms with Crippen LogP contribution in [0.5, 0.6) is 0 Å². The second-order valence-corrected chi connectivity index (χ2v) is 10.3. The minimum Gasteiger partial charge on any atom is -0.380 e. The van der Waals surface area contributed by atoms with Crippen molar-refractivity contribution in [2.45, 2.75) is 75.4 Å². The van der Waals surface area contributed by atoms with Crippen molar-refractivity contribution in [1.82, 2.24) is 10.2 Å². The van der Waals surface area contributed by atoms with Crippen molar-refractivity contribution in [2.75, 3.05) is 26.3 Å². The Morgan fingerprint density at radius 3 is 2.72 bits per heavy atom. The van der Waals surface area contributed by atoms with Crippen LogP contribution in [-0.2, 0) is 16.0 Å². The summed E-state index contributed by atoms with van der Waals surface area (Å²) in [7, 11) is 0. The third-order valence-corrected chi connectivity index (χ3v) is 8.30. The van der Waals surface area contributed by atoms with Gasteiger partial charge < -0.3 is 10.1 Å². The molecule has 32 heavy (non-hydrogen) atoms. The zero-order valence-corrected chi connectivity index (χ0v) is 18.8. The second-order valence-electron chi connectivity index (χ2n) is 10.3. The number of fused-ring (bicyclic) bond motifs is 2. The van der Waals surface area contributed by atoms with Gasteiger partial charge in [0.25, 0.3) is 0 Å². The summed E-state index contributed by atoms with van der Waals surface area (Å²) in [5, 5.41) is 13.0. The molecule has 1 N–H and O–H groups in total. The van der Waals surface area contributed by atoms with Crippen molar-refractivity contribution in [3.63, 3.8) is 0 Å². The summed E-state index contributed by atoms with van der Waals surface area (Å²) in [6.45, 7) is 3.79. The van der Waals surface area contributed by atoms with Crippen molar-refractivity contribution < 1.29 is 13.9 Å². The van der Waals surface area contributed by atoms with E-state index in [1.54, 1.807) is 6.07 Å². The van der Waals surface area contributed by atoms with Crippen LogP contribution in [0, 0.1) is 29.0 Å². The molecule has 0 spiro atoms. The molecule has 3 saturated heterocycles. The normalized spacial score (nSPS) is 31.6. The van der Waals surface area contributed by atoms with Crippen LogP contribution in [0.15, 0.2) is 18.2 Å². The number of halogens is 1. The van der Waals surface area contributed by atoms with Crippen molar-refractivity contribution in [3.8, 4) is 6.07 Å². The average molecular weight is 440 g/mol. The van der Waals surface area contributed by atoms with E-state index in [9.17, 15) is 14.4 Å². The molecule has 6 heteroatoms. The largest absolute Gasteiger partial charge is 0.380 e. The minimum absolute atomic E-state index is 0.0986. The fourth-order valence-electron chi connectivity index (χ4n) is 6.41. The molecule has 3 aliphatic heterocycles. The molecule has 1 aromatic rings. The van der Waals surface area contributed by atoms with Gasteiger partial charge in [-0.1, -0.05) is 12.1 Å². The summed E-state index contributed by atoms with van der Waals surface area (Å²) >= 11 is 0. The Morgan fingerprint density at radius 1 is 1.25 bits per heavy atom. The molecule has 1 aromatic carbocycles. The SMILES string of the molecule is N#C[C@@H](CC(=O)[C@H]1N[C@@H]2CC[C@H]1C2)Cc1ccc(C2CCN(C3CCOC3)CC2)cc1F. The second kappa shape index (κ2) is 9.59. The molecule has 1 saturated carbocycles. The van der Waals surface area contributed by atoms with E-state index in [-0.39, 0.29) is 24.1 Å². The zero-order valence-electron chi connectivity index (χ0n) is 18.8. The fraction of sp³-hybridized carbons (Fsp3) is 0.692. The monoisotopic (exact) mass is 439 g/mol. The van der Waals surface area contributed by atoms with E-state index in [0.717, 1.165) is 70.4 Å². The van der Waals surface area contributed by atoms with Crippen molar-refractivity contribution in [3.05, 3.63) is 35.1 Å². The molecule has 5 atom stereocenters. The highest BCUT2D eigenvalue weighted by molar-refractivity contribution is 5.85. The smallest absolute Gasteiger partial charge is 0.151 e. The number of piperidine rings is 2. The van der Waals surface area contributed by atoms with E-state index >= 15 is 0 Å². The van der Waals surface area contributed by atoms with E-state index in [2.05, 4.69) is 16.3 Å². The highest BCUT2D eigenvalue weighted by atomic mass is 19.1. The zero-order chi connectivity index (χ0) is 22.1. The predicted octanol–water partition coefficient (Wildman–Crippen LogP) is 3.58. The topological polar surface area (TPSA) is 65.4 Å². The van der Waals surface area contributed by atoms with Gasteiger partial charge in [0.05, 0.1) is 24.6 Å². The molecule has 4 fully saturated rings. The summed E-state index contributed by atoms with van der Waals surface area (Å²) in [5.74, 6) is 0.227. The highest BCUT2D eigenvalue weighted by Crippen LogP contribution is 2.36. The van der Waals surface area contributed by atoms with Crippen LogP contribution < -0.4 is 5.32 Å². The maximum absolute atomic E-state index is 15.0. The van der Waals surface area contributed by atoms with Crippen LogP contribution in [-0.4, -0.2) is 55.1 Å². The van der Waals surface area contributed by atoms with Crippen LogP contribution >= 0.6 is 0 Å². The molecule has 0 radical (unpaired) electrons. The fourth-order valence-corrected chi connectivity index (χ4v) is 6.41. The first-order valence-corrected chi connectivity index (χ1v) is 12.4. The van der Waals surface area contributed by atoms with Crippen LogP contribution in [0.1, 0.15) is 62.0 Å². The average Bonchev–Trinajstić information content (AvgIpc) is 3.58. The van der Waals surface area contributed by atoms with Gasteiger partial charge in [0.15, 0.2) is 5.78 Å². The standard InChI is InChI=1S/C26H34FN3O2/c27-24-14-19(18-5-8-30(9-6-18)23-7-10-32-16-23)1-2-20(24)11-17(15-28)12-25(31)26-21-3-4-22(13-21)29-26/h1-2,14,17-18,21-23,26,29H,3-13,16H2/t17-,21+,22-,23?,26+/m1/s1. The number of rotatable bonds is 7. The predicted molar refractivity (Wildman–Crippen MR) is 120 cm³/mol. The molecular weight excluding hydrogens is 405 g/mol. The van der Waals surface area contributed by atoms with Crippen LogP contribution in [0.3, 0.4) is 0 Å². The third kappa shape index (κ3) is 4.62. The Kier molecular flexibility index (Phi) is 6.59. The Balaban J connectivity index is 1.16. The van der Waals surface area contributed by atoms with Gasteiger partial charge in [0, 0.05) is 25.1 Å². The quantitative estimate of drug-likeness (QED) is 0.704. The molecule has 0 aromatic heterocycles. The number of hydrogen-bond donors (Lipinski definition) is 1. The third-order valence-electron chi connectivity index (χ3n) is 8.30. The number of nitriles is 1. The summed E-state index contributed by atoms with van der Waals surface area (Å²) in [6, 6.07) is 8.72. The number of ketones is 1. The summed E-state index contributed by atoms with van der Waals surface area (Å²) in [6.07, 6.45) is 7.06. The Hall–Kier alpha value is -1.81. The summed E-state index contributed by atoms with van der Waals surface area (Å²) in [5.41, 5.74) is 1.61. The summed E-state index contributed by atoms with van der Waals surface area (Å²) < 4.78 is 20.5. The Morgan fingerprint density at radius 2 is 2.09 bits per heavy atom. The number of ether oxygens (including phenoxy) is 1. The summed E-state index contributed by atoms with van der Waals surface area (Å²) in [4.78, 5) is 15.3.